The molecule has 9 nitrogen and oxygen atoms in total. The number of imidazole rings is 1. The number of nitrogens with one attached hydrogen (secondary N) is 1. The number of nitrogens with zero attached hydrogens (tertiary/aromatic N) is 4. The number of rotatable bonds is 7. The summed E-state index contributed by atoms with van der Waals surface area (Å²) in [5.41, 5.74) is 4.02. The Balaban J connectivity index is 1.54. The summed E-state index contributed by atoms with van der Waals surface area (Å²) in [5, 5.41) is 9.68. The first kappa shape index (κ1) is 25.0. The molecule has 2 N–H and O–H groups in total. The second kappa shape index (κ2) is 10.8. The van der Waals surface area contributed by atoms with Gasteiger partial charge in [0.15, 0.2) is 0 Å². The van der Waals surface area contributed by atoms with Gasteiger partial charge in [-0.25, -0.2) is 9.78 Å². The van der Waals surface area contributed by atoms with Gasteiger partial charge in [0.2, 0.25) is 5.91 Å². The molecule has 1 unspecified atom stereocenters. The van der Waals surface area contributed by atoms with Crippen molar-refractivity contribution in [2.45, 2.75) is 32.0 Å². The van der Waals surface area contributed by atoms with Gasteiger partial charge >= 0.3 is 12.0 Å². The largest absolute Gasteiger partial charge is 0.481 e. The van der Waals surface area contributed by atoms with E-state index in [1.54, 1.807) is 24.1 Å². The topological polar surface area (TPSA) is 110 Å². The van der Waals surface area contributed by atoms with E-state index in [-0.39, 0.29) is 13.1 Å². The van der Waals surface area contributed by atoms with Crippen molar-refractivity contribution in [1.29, 1.82) is 0 Å². The molecule has 0 saturated heterocycles. The minimum absolute atomic E-state index is 0.169. The molecule has 5 rings (SSSR count). The molecule has 0 radical (unpaired) electrons. The fourth-order valence-corrected chi connectivity index (χ4v) is 4.89. The Labute approximate surface area is 220 Å². The first-order chi connectivity index (χ1) is 18.4. The van der Waals surface area contributed by atoms with Gasteiger partial charge in [0.05, 0.1) is 29.7 Å². The number of carboxylic acids is 1. The Morgan fingerprint density at radius 3 is 2.50 bits per heavy atom. The number of hydrogen-bond acceptors (Lipinski definition) is 4. The quantitative estimate of drug-likeness (QED) is 0.389. The van der Waals surface area contributed by atoms with Gasteiger partial charge in [-0.2, -0.15) is 0 Å². The van der Waals surface area contributed by atoms with Crippen molar-refractivity contribution >= 4 is 34.6 Å². The summed E-state index contributed by atoms with van der Waals surface area (Å²) >= 11 is 0. The first-order valence-electron chi connectivity index (χ1n) is 12.5. The smallest absolute Gasteiger partial charge is 0.325 e. The van der Waals surface area contributed by atoms with Gasteiger partial charge in [-0.3, -0.25) is 14.5 Å². The van der Waals surface area contributed by atoms with E-state index >= 15 is 0 Å². The van der Waals surface area contributed by atoms with Gasteiger partial charge < -0.3 is 19.9 Å². The number of aromatic nitrogens is 2. The van der Waals surface area contributed by atoms with Crippen molar-refractivity contribution in [1.82, 2.24) is 19.8 Å². The normalized spacial score (nSPS) is 15.3. The Morgan fingerprint density at radius 1 is 1.03 bits per heavy atom. The molecule has 0 aliphatic carbocycles. The molecule has 1 atom stereocenters. The number of H-pyrrole nitrogens is 1. The lowest BCUT2D eigenvalue weighted by Gasteiger charge is -2.34. The van der Waals surface area contributed by atoms with Crippen LogP contribution in [0.2, 0.25) is 0 Å². The first-order valence-corrected chi connectivity index (χ1v) is 12.5. The predicted octanol–water partition coefficient (Wildman–Crippen LogP) is 4.05. The molecule has 1 aromatic heterocycles. The van der Waals surface area contributed by atoms with Crippen molar-refractivity contribution in [3.63, 3.8) is 0 Å². The number of para-hydroxylation sites is 3. The highest BCUT2D eigenvalue weighted by atomic mass is 16.4. The van der Waals surface area contributed by atoms with E-state index in [9.17, 15) is 19.5 Å². The molecule has 0 spiro atoms. The third-order valence-electron chi connectivity index (χ3n) is 6.77. The summed E-state index contributed by atoms with van der Waals surface area (Å²) in [7, 11) is 1.63. The number of likely N-dealkylation sites (N-methyl/N-ethyl adjacent to an activating group) is 1. The van der Waals surface area contributed by atoms with Crippen LogP contribution >= 0.6 is 0 Å². The number of carboxylic acid groups (broad SMARTS) is 1. The Morgan fingerprint density at radius 2 is 1.74 bits per heavy atom. The summed E-state index contributed by atoms with van der Waals surface area (Å²) in [6.07, 6.45) is 0.0835. The zero-order valence-corrected chi connectivity index (χ0v) is 21.1. The number of fused-ring (bicyclic) bond motifs is 2. The Bertz CT molecular complexity index is 1440. The molecule has 9 heteroatoms. The number of carbonyl (C=O) groups excluding carboxylic acids is 2. The fraction of sp³-hybridized carbons (Fsp3) is 0.241. The summed E-state index contributed by atoms with van der Waals surface area (Å²) in [6.45, 7) is 0.799. The number of hydrogen-bond donors (Lipinski definition) is 2. The number of carbonyl (C=O) groups is 3. The molecule has 3 amide bonds. The van der Waals surface area contributed by atoms with Gasteiger partial charge in [-0.1, -0.05) is 60.7 Å². The highest BCUT2D eigenvalue weighted by Gasteiger charge is 2.40. The molecule has 0 fully saturated rings. The van der Waals surface area contributed by atoms with Gasteiger partial charge in [-0.15, -0.1) is 0 Å². The lowest BCUT2D eigenvalue weighted by atomic mass is 10.1. The lowest BCUT2D eigenvalue weighted by molar-refractivity contribution is -0.141. The maximum Gasteiger partial charge on any atom is 0.325 e. The van der Waals surface area contributed by atoms with Crippen molar-refractivity contribution in [3.8, 4) is 0 Å². The SMILES string of the molecule is CN1Cc2ccccc2N(C(=O)N(CCc2ccccc2)Cc2nc3ccccc3[nH]2)C(CC(=O)O)C1=O. The fourth-order valence-electron chi connectivity index (χ4n) is 4.89. The number of aromatic amines is 1. The van der Waals surface area contributed by atoms with Crippen LogP contribution in [0.3, 0.4) is 0 Å². The number of urea groups is 1. The van der Waals surface area contributed by atoms with Crippen LogP contribution in [0.1, 0.15) is 23.4 Å². The number of amides is 3. The average Bonchev–Trinajstić information content (AvgIpc) is 3.30. The number of anilines is 1. The van der Waals surface area contributed by atoms with Crippen molar-refractivity contribution in [3.05, 3.63) is 95.8 Å². The van der Waals surface area contributed by atoms with Crippen molar-refractivity contribution < 1.29 is 19.5 Å². The molecule has 1 aliphatic heterocycles. The molecular weight excluding hydrogens is 482 g/mol. The van der Waals surface area contributed by atoms with E-state index in [0.29, 0.717) is 24.5 Å². The Kier molecular flexibility index (Phi) is 7.08. The molecular formula is C29H29N5O4. The highest BCUT2D eigenvalue weighted by Crippen LogP contribution is 2.31. The second-order valence-electron chi connectivity index (χ2n) is 9.45. The molecule has 4 aromatic rings. The minimum Gasteiger partial charge on any atom is -0.481 e. The van der Waals surface area contributed by atoms with Crippen LogP contribution in [0.15, 0.2) is 78.9 Å². The molecule has 0 saturated carbocycles. The third-order valence-corrected chi connectivity index (χ3v) is 6.77. The van der Waals surface area contributed by atoms with E-state index in [4.69, 9.17) is 0 Å². The van der Waals surface area contributed by atoms with Gasteiger partial charge in [-0.05, 0) is 35.7 Å². The van der Waals surface area contributed by atoms with Crippen LogP contribution in [0.4, 0.5) is 10.5 Å². The molecule has 0 bridgehead atoms. The molecule has 2 heterocycles. The predicted molar refractivity (Wildman–Crippen MR) is 143 cm³/mol. The zero-order valence-electron chi connectivity index (χ0n) is 21.1. The maximum absolute atomic E-state index is 14.3. The van der Waals surface area contributed by atoms with E-state index in [0.717, 1.165) is 22.2 Å². The van der Waals surface area contributed by atoms with Gasteiger partial charge in [0.1, 0.15) is 11.9 Å². The molecule has 3 aromatic carbocycles. The summed E-state index contributed by atoms with van der Waals surface area (Å²) in [4.78, 5) is 52.0. The van der Waals surface area contributed by atoms with Crippen LogP contribution in [-0.2, 0) is 29.1 Å². The van der Waals surface area contributed by atoms with Crippen molar-refractivity contribution in [2.75, 3.05) is 18.5 Å². The van der Waals surface area contributed by atoms with Crippen molar-refractivity contribution in [2.24, 2.45) is 0 Å². The van der Waals surface area contributed by atoms with Gasteiger partial charge in [0, 0.05) is 20.1 Å². The van der Waals surface area contributed by atoms with E-state index in [2.05, 4.69) is 9.97 Å². The third kappa shape index (κ3) is 5.22. The summed E-state index contributed by atoms with van der Waals surface area (Å²) < 4.78 is 0. The van der Waals surface area contributed by atoms with E-state index < -0.39 is 30.4 Å². The monoisotopic (exact) mass is 511 g/mol. The standard InChI is InChI=1S/C29H29N5O4/c1-32-18-21-11-5-8-14-24(21)34(25(28(32)37)17-27(35)36)29(38)33(16-15-20-9-3-2-4-10-20)19-26-30-22-12-6-7-13-23(22)31-26/h2-14,25H,15-19H2,1H3,(H,30,31)(H,35,36). The zero-order chi connectivity index (χ0) is 26.6. The van der Waals surface area contributed by atoms with Crippen LogP contribution in [0, 0.1) is 0 Å². The highest BCUT2D eigenvalue weighted by molar-refractivity contribution is 6.03. The lowest BCUT2D eigenvalue weighted by Crippen LogP contribution is -2.54. The number of benzene rings is 3. The van der Waals surface area contributed by atoms with Gasteiger partial charge in [0.25, 0.3) is 0 Å². The van der Waals surface area contributed by atoms with E-state index in [1.807, 2.05) is 66.7 Å². The Hall–Kier alpha value is -4.66. The second-order valence-corrected chi connectivity index (χ2v) is 9.45. The minimum atomic E-state index is -1.18. The molecule has 38 heavy (non-hydrogen) atoms. The maximum atomic E-state index is 14.3. The average molecular weight is 512 g/mol. The van der Waals surface area contributed by atoms with Crippen LogP contribution < -0.4 is 4.90 Å². The number of aliphatic carboxylic acids is 1. The van der Waals surface area contributed by atoms with Crippen LogP contribution in [0.25, 0.3) is 11.0 Å². The van der Waals surface area contributed by atoms with E-state index in [1.165, 1.54) is 9.80 Å². The molecule has 194 valence electrons. The summed E-state index contributed by atoms with van der Waals surface area (Å²) in [6, 6.07) is 23.1. The summed E-state index contributed by atoms with van der Waals surface area (Å²) in [5.74, 6) is -0.959. The van der Waals surface area contributed by atoms with Crippen LogP contribution in [0.5, 0.6) is 0 Å². The molecule has 1 aliphatic rings. The van der Waals surface area contributed by atoms with Crippen LogP contribution in [-0.4, -0.2) is 62.4 Å².